The molecular weight excluding hydrogens is 318 g/mol. The molecule has 2 heterocycles. The molecule has 1 aliphatic rings. The van der Waals surface area contributed by atoms with Crippen molar-refractivity contribution in [2.24, 2.45) is 0 Å². The average Bonchev–Trinajstić information content (AvgIpc) is 2.64. The van der Waals surface area contributed by atoms with E-state index in [4.69, 9.17) is 0 Å². The Balaban J connectivity index is 1.53. The van der Waals surface area contributed by atoms with Gasteiger partial charge in [0.05, 0.1) is 5.25 Å². The van der Waals surface area contributed by atoms with Crippen LogP contribution in [0.15, 0.2) is 53.7 Å². The molecule has 1 amide bonds. The highest BCUT2D eigenvalue weighted by Crippen LogP contribution is 2.25. The lowest BCUT2D eigenvalue weighted by atomic mass is 10.2. The third-order valence-electron chi connectivity index (χ3n) is 4.34. The number of aromatic nitrogens is 1. The van der Waals surface area contributed by atoms with E-state index in [1.54, 1.807) is 11.8 Å². The standard InChI is InChI=1S/C19H23N3OS/c1-15-3-5-18(6-4-15)24-16(2)19(23)22-13-11-21(12-14-22)17-7-9-20-10-8-17/h3-10,16H,11-14H2,1-2H3/p+1/t16-/m1/s1. The predicted octanol–water partition coefficient (Wildman–Crippen LogP) is 2.64. The molecule has 1 aromatic carbocycles. The van der Waals surface area contributed by atoms with E-state index in [0.717, 1.165) is 31.1 Å². The number of nitrogens with one attached hydrogen (secondary N) is 1. The van der Waals surface area contributed by atoms with E-state index >= 15 is 0 Å². The van der Waals surface area contributed by atoms with E-state index in [0.29, 0.717) is 0 Å². The lowest BCUT2D eigenvalue weighted by Crippen LogP contribution is -2.50. The maximum Gasteiger partial charge on any atom is 0.235 e. The Morgan fingerprint density at radius 3 is 2.29 bits per heavy atom. The molecule has 1 atom stereocenters. The Bertz CT molecular complexity index is 667. The van der Waals surface area contributed by atoms with E-state index in [2.05, 4.69) is 53.2 Å². The molecule has 24 heavy (non-hydrogen) atoms. The van der Waals surface area contributed by atoms with Gasteiger partial charge in [0.15, 0.2) is 12.4 Å². The second kappa shape index (κ2) is 7.71. The molecule has 1 saturated heterocycles. The van der Waals surface area contributed by atoms with Gasteiger partial charge >= 0.3 is 0 Å². The number of anilines is 1. The highest BCUT2D eigenvalue weighted by Gasteiger charge is 2.25. The molecule has 0 spiro atoms. The van der Waals surface area contributed by atoms with Crippen LogP contribution in [0.3, 0.4) is 0 Å². The van der Waals surface area contributed by atoms with Gasteiger partial charge in [-0.3, -0.25) is 4.79 Å². The predicted molar refractivity (Wildman–Crippen MR) is 98.3 cm³/mol. The molecule has 2 aromatic rings. The van der Waals surface area contributed by atoms with Crippen LogP contribution >= 0.6 is 11.8 Å². The molecule has 0 saturated carbocycles. The van der Waals surface area contributed by atoms with Crippen molar-refractivity contribution >= 4 is 23.4 Å². The second-order valence-electron chi connectivity index (χ2n) is 6.14. The van der Waals surface area contributed by atoms with Gasteiger partial charge < -0.3 is 9.80 Å². The summed E-state index contributed by atoms with van der Waals surface area (Å²) in [5.74, 6) is 0.238. The van der Waals surface area contributed by atoms with Gasteiger partial charge in [0, 0.05) is 48.9 Å². The van der Waals surface area contributed by atoms with Crippen LogP contribution < -0.4 is 9.88 Å². The number of aryl methyl sites for hydroxylation is 1. The Morgan fingerprint density at radius 2 is 1.67 bits per heavy atom. The van der Waals surface area contributed by atoms with Gasteiger partial charge in [-0.1, -0.05) is 17.7 Å². The number of hydrogen-bond donors (Lipinski definition) is 0. The van der Waals surface area contributed by atoms with Crippen molar-refractivity contribution in [1.29, 1.82) is 0 Å². The number of carbonyl (C=O) groups is 1. The summed E-state index contributed by atoms with van der Waals surface area (Å²) in [7, 11) is 0. The maximum absolute atomic E-state index is 12.7. The van der Waals surface area contributed by atoms with Crippen LogP contribution in [0.4, 0.5) is 5.69 Å². The number of carbonyl (C=O) groups excluding carboxylic acids is 1. The third kappa shape index (κ3) is 4.09. The highest BCUT2D eigenvalue weighted by atomic mass is 32.2. The van der Waals surface area contributed by atoms with Gasteiger partial charge in [-0.25, -0.2) is 4.98 Å². The molecule has 1 aliphatic heterocycles. The third-order valence-corrected chi connectivity index (χ3v) is 5.44. The minimum atomic E-state index is -0.0504. The van der Waals surface area contributed by atoms with Crippen molar-refractivity contribution < 1.29 is 9.78 Å². The minimum absolute atomic E-state index is 0.0504. The normalized spacial score (nSPS) is 16.1. The van der Waals surface area contributed by atoms with Gasteiger partial charge in [0.25, 0.3) is 0 Å². The van der Waals surface area contributed by atoms with Crippen LogP contribution in [0.2, 0.25) is 0 Å². The fourth-order valence-corrected chi connectivity index (χ4v) is 3.85. The van der Waals surface area contributed by atoms with E-state index in [9.17, 15) is 4.79 Å². The summed E-state index contributed by atoms with van der Waals surface area (Å²) in [5.41, 5.74) is 2.45. The second-order valence-corrected chi connectivity index (χ2v) is 7.56. The lowest BCUT2D eigenvalue weighted by Gasteiger charge is -2.36. The van der Waals surface area contributed by atoms with Gasteiger partial charge in [-0.2, -0.15) is 0 Å². The van der Waals surface area contributed by atoms with Gasteiger partial charge in [-0.05, 0) is 26.0 Å². The van der Waals surface area contributed by atoms with E-state index in [-0.39, 0.29) is 11.2 Å². The Morgan fingerprint density at radius 1 is 1.04 bits per heavy atom. The number of H-pyrrole nitrogens is 1. The topological polar surface area (TPSA) is 37.7 Å². The largest absolute Gasteiger partial charge is 0.368 e. The van der Waals surface area contributed by atoms with Crippen LogP contribution in [-0.2, 0) is 4.79 Å². The van der Waals surface area contributed by atoms with Crippen molar-refractivity contribution in [3.8, 4) is 0 Å². The maximum atomic E-state index is 12.7. The first kappa shape index (κ1) is 16.8. The summed E-state index contributed by atoms with van der Waals surface area (Å²) in [4.78, 5) is 21.2. The fraction of sp³-hybridized carbons (Fsp3) is 0.368. The number of hydrogen-bond acceptors (Lipinski definition) is 3. The van der Waals surface area contributed by atoms with Crippen LogP contribution in [-0.4, -0.2) is 42.2 Å². The van der Waals surface area contributed by atoms with E-state index in [1.807, 2.05) is 24.2 Å². The zero-order valence-corrected chi connectivity index (χ0v) is 15.1. The molecule has 1 N–H and O–H groups in total. The summed E-state index contributed by atoms with van der Waals surface area (Å²) >= 11 is 1.64. The first-order valence-corrected chi connectivity index (χ1v) is 9.24. The number of thioether (sulfide) groups is 1. The van der Waals surface area contributed by atoms with Crippen LogP contribution in [0.5, 0.6) is 0 Å². The molecular formula is C19H24N3OS+. The van der Waals surface area contributed by atoms with E-state index < -0.39 is 0 Å². The van der Waals surface area contributed by atoms with Crippen LogP contribution in [0.1, 0.15) is 12.5 Å². The number of aromatic amines is 1. The molecule has 0 radical (unpaired) electrons. The van der Waals surface area contributed by atoms with E-state index in [1.165, 1.54) is 11.3 Å². The summed E-state index contributed by atoms with van der Waals surface area (Å²) in [5, 5.41) is -0.0504. The lowest BCUT2D eigenvalue weighted by molar-refractivity contribution is -0.377. The molecule has 126 valence electrons. The molecule has 0 aliphatic carbocycles. The summed E-state index contributed by atoms with van der Waals surface area (Å²) in [6, 6.07) is 12.5. The Labute approximate surface area is 147 Å². The minimum Gasteiger partial charge on any atom is -0.368 e. The number of amides is 1. The quantitative estimate of drug-likeness (QED) is 0.802. The van der Waals surface area contributed by atoms with Crippen molar-refractivity contribution in [2.45, 2.75) is 24.0 Å². The summed E-state index contributed by atoms with van der Waals surface area (Å²) in [6.45, 7) is 7.43. The Hall–Kier alpha value is -2.01. The van der Waals surface area contributed by atoms with Crippen molar-refractivity contribution in [2.75, 3.05) is 31.1 Å². The first-order valence-electron chi connectivity index (χ1n) is 8.36. The molecule has 1 fully saturated rings. The van der Waals surface area contributed by atoms with Gasteiger partial charge in [0.1, 0.15) is 0 Å². The van der Waals surface area contributed by atoms with Crippen molar-refractivity contribution in [3.05, 3.63) is 54.4 Å². The number of nitrogens with zero attached hydrogens (tertiary/aromatic N) is 2. The van der Waals surface area contributed by atoms with Crippen LogP contribution in [0, 0.1) is 6.92 Å². The van der Waals surface area contributed by atoms with Gasteiger partial charge in [0.2, 0.25) is 5.91 Å². The molecule has 0 bridgehead atoms. The summed E-state index contributed by atoms with van der Waals surface area (Å²) < 4.78 is 0. The zero-order valence-electron chi connectivity index (χ0n) is 14.2. The average molecular weight is 342 g/mol. The monoisotopic (exact) mass is 342 g/mol. The molecule has 1 aromatic heterocycles. The number of piperazine rings is 1. The zero-order chi connectivity index (χ0) is 16.9. The van der Waals surface area contributed by atoms with Crippen LogP contribution in [0.25, 0.3) is 0 Å². The van der Waals surface area contributed by atoms with Gasteiger partial charge in [-0.15, -0.1) is 11.8 Å². The molecule has 3 rings (SSSR count). The smallest absolute Gasteiger partial charge is 0.235 e. The number of benzene rings is 1. The molecule has 4 nitrogen and oxygen atoms in total. The first-order chi connectivity index (χ1) is 11.6. The molecule has 0 unspecified atom stereocenters. The van der Waals surface area contributed by atoms with Crippen molar-refractivity contribution in [3.63, 3.8) is 0 Å². The highest BCUT2D eigenvalue weighted by molar-refractivity contribution is 8.00. The number of rotatable bonds is 4. The fourth-order valence-electron chi connectivity index (χ4n) is 2.90. The summed E-state index contributed by atoms with van der Waals surface area (Å²) in [6.07, 6.45) is 3.88. The van der Waals surface area contributed by atoms with Crippen molar-refractivity contribution in [1.82, 2.24) is 4.90 Å². The number of pyridine rings is 1. The Kier molecular flexibility index (Phi) is 5.41. The SMILES string of the molecule is Cc1ccc(S[C@H](C)C(=O)N2CCN(c3cc[nH+]cc3)CC2)cc1. The molecule has 5 heteroatoms.